The van der Waals surface area contributed by atoms with Crippen LogP contribution in [0.1, 0.15) is 47.4 Å². The molecule has 3 heterocycles. The lowest BCUT2D eigenvalue weighted by molar-refractivity contribution is -0.0913. The lowest BCUT2D eigenvalue weighted by Gasteiger charge is -2.64. The summed E-state index contributed by atoms with van der Waals surface area (Å²) in [5.74, 6) is 1.12. The van der Waals surface area contributed by atoms with Crippen molar-refractivity contribution in [1.29, 1.82) is 5.26 Å². The fourth-order valence-corrected chi connectivity index (χ4v) is 7.95. The number of hydrogen-bond acceptors (Lipinski definition) is 3. The molecule has 3 aromatic rings. The maximum Gasteiger partial charge on any atom is 0.149 e. The van der Waals surface area contributed by atoms with Gasteiger partial charge in [0, 0.05) is 27.9 Å². The second-order valence-corrected chi connectivity index (χ2v) is 10.4. The minimum Gasteiger partial charge on any atom is -0.483 e. The van der Waals surface area contributed by atoms with Gasteiger partial charge in [0.2, 0.25) is 0 Å². The molecule has 0 amide bonds. The van der Waals surface area contributed by atoms with Crippen LogP contribution in [0.5, 0.6) is 5.75 Å². The maximum atomic E-state index is 9.71. The van der Waals surface area contributed by atoms with Crippen LogP contribution in [0.4, 0.5) is 0 Å². The van der Waals surface area contributed by atoms with Gasteiger partial charge in [-0.3, -0.25) is 0 Å². The van der Waals surface area contributed by atoms with Crippen LogP contribution in [0.2, 0.25) is 0 Å². The van der Waals surface area contributed by atoms with Gasteiger partial charge in [-0.1, -0.05) is 37.3 Å². The van der Waals surface area contributed by atoms with E-state index in [1.165, 1.54) is 38.9 Å². The maximum absolute atomic E-state index is 9.71. The molecule has 2 aliphatic carbocycles. The monoisotopic (exact) mass is 409 g/mol. The van der Waals surface area contributed by atoms with Crippen LogP contribution < -0.4 is 4.74 Å². The van der Waals surface area contributed by atoms with Crippen LogP contribution in [-0.2, 0) is 24.8 Å². The Morgan fingerprint density at radius 3 is 2.90 bits per heavy atom. The van der Waals surface area contributed by atoms with Crippen molar-refractivity contribution in [2.75, 3.05) is 13.6 Å². The summed E-state index contributed by atoms with van der Waals surface area (Å²) in [6.45, 7) is 6.19. The van der Waals surface area contributed by atoms with E-state index >= 15 is 0 Å². The van der Waals surface area contributed by atoms with Crippen LogP contribution in [0, 0.1) is 23.7 Å². The fraction of sp³-hybridized carbons (Fsp3) is 0.444. The smallest absolute Gasteiger partial charge is 0.149 e. The van der Waals surface area contributed by atoms with E-state index in [1.807, 2.05) is 0 Å². The van der Waals surface area contributed by atoms with Gasteiger partial charge in [-0.05, 0) is 62.5 Å². The molecule has 4 aliphatic rings. The molecular weight excluding hydrogens is 382 g/mol. The highest BCUT2D eigenvalue weighted by atomic mass is 16.5. The third kappa shape index (κ3) is 1.80. The van der Waals surface area contributed by atoms with Crippen LogP contribution in [0.15, 0.2) is 36.4 Å². The standard InChI is InChI=1S/C27H27N3O/c1-16-8-9-17-14-21-26(2)15-19-18-6-4-5-7-20(18)30(13-11-28)23(19)25-27(26,10-12-29(21)3)22(17)24(16)31-25/h4-9,21,25H,10,12-15H2,1-3H3/t21-,25?,26+,27+/m1/s1. The van der Waals surface area contributed by atoms with Crippen molar-refractivity contribution in [1.82, 2.24) is 9.47 Å². The van der Waals surface area contributed by atoms with Crippen molar-refractivity contribution in [3.8, 4) is 11.8 Å². The van der Waals surface area contributed by atoms with Gasteiger partial charge in [-0.25, -0.2) is 0 Å². The second kappa shape index (κ2) is 5.53. The van der Waals surface area contributed by atoms with Gasteiger partial charge >= 0.3 is 0 Å². The molecule has 2 aliphatic heterocycles. The Bertz CT molecular complexity index is 1330. The number of benzene rings is 2. The van der Waals surface area contributed by atoms with Gasteiger partial charge in [0.25, 0.3) is 0 Å². The van der Waals surface area contributed by atoms with E-state index in [-0.39, 0.29) is 16.9 Å². The van der Waals surface area contributed by atoms with Crippen molar-refractivity contribution in [2.45, 2.75) is 57.2 Å². The molecule has 2 bridgehead atoms. The van der Waals surface area contributed by atoms with E-state index in [2.05, 4.69) is 72.8 Å². The van der Waals surface area contributed by atoms with E-state index in [0.717, 1.165) is 31.6 Å². The topological polar surface area (TPSA) is 41.2 Å². The van der Waals surface area contributed by atoms with Gasteiger partial charge in [0.1, 0.15) is 18.4 Å². The molecule has 0 radical (unpaired) electrons. The number of likely N-dealkylation sites (tertiary alicyclic amines) is 1. The van der Waals surface area contributed by atoms with E-state index in [1.54, 1.807) is 0 Å². The number of fused-ring (bicyclic) bond motifs is 4. The van der Waals surface area contributed by atoms with Crippen molar-refractivity contribution < 1.29 is 4.74 Å². The van der Waals surface area contributed by atoms with E-state index in [4.69, 9.17) is 4.74 Å². The van der Waals surface area contributed by atoms with Gasteiger partial charge in [0.15, 0.2) is 0 Å². The average Bonchev–Trinajstić information content (AvgIpc) is 3.26. The van der Waals surface area contributed by atoms with Gasteiger partial charge in [-0.2, -0.15) is 5.26 Å². The normalized spacial score (nSPS) is 32.3. The van der Waals surface area contributed by atoms with Gasteiger partial charge < -0.3 is 14.2 Å². The number of hydrogen-bond donors (Lipinski definition) is 0. The summed E-state index contributed by atoms with van der Waals surface area (Å²) >= 11 is 0. The molecule has 0 N–H and O–H groups in total. The Morgan fingerprint density at radius 1 is 1.23 bits per heavy atom. The molecule has 1 aromatic heterocycles. The van der Waals surface area contributed by atoms with Crippen molar-refractivity contribution in [2.24, 2.45) is 5.41 Å². The minimum atomic E-state index is -0.0201. The fourth-order valence-electron chi connectivity index (χ4n) is 7.95. The Morgan fingerprint density at radius 2 is 2.06 bits per heavy atom. The number of ether oxygens (including phenoxy) is 1. The molecule has 4 heteroatoms. The van der Waals surface area contributed by atoms with Gasteiger partial charge in [-0.15, -0.1) is 0 Å². The summed E-state index contributed by atoms with van der Waals surface area (Å²) in [7, 11) is 2.31. The van der Waals surface area contributed by atoms with Crippen LogP contribution >= 0.6 is 0 Å². The molecule has 1 spiro atoms. The molecule has 156 valence electrons. The first kappa shape index (κ1) is 17.9. The first-order valence-electron chi connectivity index (χ1n) is 11.5. The number of nitrogens with zero attached hydrogens (tertiary/aromatic N) is 3. The Kier molecular flexibility index (Phi) is 3.18. The molecule has 2 aromatic carbocycles. The first-order valence-corrected chi connectivity index (χ1v) is 11.5. The molecule has 1 saturated heterocycles. The van der Waals surface area contributed by atoms with Crippen molar-refractivity contribution in [3.05, 3.63) is 64.3 Å². The largest absolute Gasteiger partial charge is 0.483 e. The summed E-state index contributed by atoms with van der Waals surface area (Å²) in [6.07, 6.45) is 3.23. The van der Waals surface area contributed by atoms with E-state index in [0.29, 0.717) is 12.6 Å². The van der Waals surface area contributed by atoms with Crippen LogP contribution in [0.25, 0.3) is 10.9 Å². The number of rotatable bonds is 1. The lowest BCUT2D eigenvalue weighted by atomic mass is 9.44. The number of para-hydroxylation sites is 1. The van der Waals surface area contributed by atoms with Gasteiger partial charge in [0.05, 0.1) is 17.2 Å². The van der Waals surface area contributed by atoms with Crippen LogP contribution in [-0.4, -0.2) is 29.1 Å². The molecule has 4 nitrogen and oxygen atoms in total. The quantitative estimate of drug-likeness (QED) is 0.587. The van der Waals surface area contributed by atoms with Crippen LogP contribution in [0.3, 0.4) is 0 Å². The third-order valence-corrected chi connectivity index (χ3v) is 9.27. The third-order valence-electron chi connectivity index (χ3n) is 9.27. The minimum absolute atomic E-state index is 0.0200. The first-order chi connectivity index (χ1) is 15.0. The highest BCUT2D eigenvalue weighted by Gasteiger charge is 2.70. The number of likely N-dealkylation sites (N-methyl/N-ethyl adjacent to an activating group) is 1. The summed E-state index contributed by atoms with van der Waals surface area (Å²) in [5, 5.41) is 11.0. The molecule has 4 atom stereocenters. The Labute approximate surface area is 183 Å². The predicted octanol–water partition coefficient (Wildman–Crippen LogP) is 4.67. The number of nitriles is 1. The molecule has 7 rings (SSSR count). The SMILES string of the molecule is Cc1ccc2c3c1OC1c4c(c5ccccc5n4CC#N)C[C@@]4(C)[C@@H](C2)N(C)CC[C@]314. The molecule has 1 fully saturated rings. The second-order valence-electron chi connectivity index (χ2n) is 10.4. The van der Waals surface area contributed by atoms with Crippen molar-refractivity contribution in [3.63, 3.8) is 0 Å². The molecule has 0 saturated carbocycles. The summed E-state index contributed by atoms with van der Waals surface area (Å²) in [5.41, 5.74) is 8.13. The number of aryl methyl sites for hydroxylation is 1. The predicted molar refractivity (Wildman–Crippen MR) is 120 cm³/mol. The lowest BCUT2D eigenvalue weighted by Crippen LogP contribution is -2.68. The summed E-state index contributed by atoms with van der Waals surface area (Å²) in [4.78, 5) is 2.60. The average molecular weight is 410 g/mol. The summed E-state index contributed by atoms with van der Waals surface area (Å²) < 4.78 is 9.26. The molecule has 31 heavy (non-hydrogen) atoms. The van der Waals surface area contributed by atoms with Crippen molar-refractivity contribution >= 4 is 10.9 Å². The number of aromatic nitrogens is 1. The highest BCUT2D eigenvalue weighted by molar-refractivity contribution is 5.87. The molecular formula is C27H27N3O. The molecule has 1 unspecified atom stereocenters. The highest BCUT2D eigenvalue weighted by Crippen LogP contribution is 2.71. The zero-order valence-electron chi connectivity index (χ0n) is 18.4. The van der Waals surface area contributed by atoms with E-state index < -0.39 is 0 Å². The van der Waals surface area contributed by atoms with E-state index in [9.17, 15) is 5.26 Å². The number of piperidine rings is 1. The zero-order chi connectivity index (χ0) is 21.1. The summed E-state index contributed by atoms with van der Waals surface area (Å²) in [6, 6.07) is 16.2. The zero-order valence-corrected chi connectivity index (χ0v) is 18.4. The Hall–Kier alpha value is -2.77. The Balaban J connectivity index is 1.63.